The number of hydrogen-bond acceptors (Lipinski definition) is 3. The van der Waals surface area contributed by atoms with Crippen LogP contribution in [0.25, 0.3) is 0 Å². The summed E-state index contributed by atoms with van der Waals surface area (Å²) in [5, 5.41) is 0. The highest BCUT2D eigenvalue weighted by atomic mass is 16.6. The minimum Gasteiger partial charge on any atom is -0.457 e. The minimum atomic E-state index is -0.510. The monoisotopic (exact) mass is 337 g/mol. The molecule has 4 nitrogen and oxygen atoms in total. The van der Waals surface area contributed by atoms with Crippen LogP contribution < -0.4 is 0 Å². The summed E-state index contributed by atoms with van der Waals surface area (Å²) in [7, 11) is 0. The van der Waals surface area contributed by atoms with E-state index in [9.17, 15) is 9.59 Å². The molecular formula is C20H35NO3. The Hall–Kier alpha value is -1.58. The molecule has 1 amide bonds. The fraction of sp³-hybridized carbons (Fsp3) is 0.700. The lowest BCUT2D eigenvalue weighted by molar-refractivity contribution is -0.148. The van der Waals surface area contributed by atoms with Gasteiger partial charge in [-0.25, -0.2) is 4.79 Å². The number of carbonyl (C=O) groups is 2. The van der Waals surface area contributed by atoms with E-state index in [4.69, 9.17) is 4.74 Å². The Bertz CT molecular complexity index is 440. The predicted octanol–water partition coefficient (Wildman–Crippen LogP) is 4.65. The zero-order valence-corrected chi connectivity index (χ0v) is 16.4. The third-order valence-electron chi connectivity index (χ3n) is 3.54. The first-order valence-electron chi connectivity index (χ1n) is 9.14. The summed E-state index contributed by atoms with van der Waals surface area (Å²) in [4.78, 5) is 25.9. The van der Waals surface area contributed by atoms with Crippen LogP contribution in [0.3, 0.4) is 0 Å². The molecule has 4 heteroatoms. The molecule has 0 saturated heterocycles. The van der Waals surface area contributed by atoms with Gasteiger partial charge in [-0.3, -0.25) is 4.79 Å². The number of unbranched alkanes of at least 4 members (excludes halogenated alkanes) is 3. The number of rotatable bonds is 10. The van der Waals surface area contributed by atoms with E-state index in [-0.39, 0.29) is 11.9 Å². The van der Waals surface area contributed by atoms with Crippen LogP contribution in [0.5, 0.6) is 0 Å². The van der Waals surface area contributed by atoms with E-state index in [2.05, 4.69) is 6.92 Å². The van der Waals surface area contributed by atoms with Crippen LogP contribution in [0.15, 0.2) is 23.8 Å². The Morgan fingerprint density at radius 2 is 1.58 bits per heavy atom. The molecule has 0 spiro atoms. The molecule has 0 heterocycles. The number of nitrogens with zero attached hydrogens (tertiary/aromatic N) is 1. The van der Waals surface area contributed by atoms with Crippen molar-refractivity contribution in [2.24, 2.45) is 0 Å². The normalized spacial score (nSPS) is 12.5. The second kappa shape index (κ2) is 11.9. The van der Waals surface area contributed by atoms with Crippen molar-refractivity contribution in [3.63, 3.8) is 0 Å². The van der Waals surface area contributed by atoms with Crippen LogP contribution in [0.2, 0.25) is 0 Å². The van der Waals surface area contributed by atoms with E-state index >= 15 is 0 Å². The van der Waals surface area contributed by atoms with E-state index in [1.807, 2.05) is 34.6 Å². The van der Waals surface area contributed by atoms with Gasteiger partial charge in [-0.05, 0) is 53.0 Å². The van der Waals surface area contributed by atoms with Gasteiger partial charge < -0.3 is 9.64 Å². The van der Waals surface area contributed by atoms with Crippen LogP contribution in [0, 0.1) is 0 Å². The van der Waals surface area contributed by atoms with Crippen molar-refractivity contribution < 1.29 is 14.3 Å². The van der Waals surface area contributed by atoms with Crippen LogP contribution in [-0.2, 0) is 14.3 Å². The minimum absolute atomic E-state index is 0.000620. The zero-order valence-electron chi connectivity index (χ0n) is 16.4. The molecule has 0 radical (unpaired) electrons. The third kappa shape index (κ3) is 11.0. The average molecular weight is 338 g/mol. The Morgan fingerprint density at radius 1 is 0.958 bits per heavy atom. The van der Waals surface area contributed by atoms with E-state index < -0.39 is 5.60 Å². The summed E-state index contributed by atoms with van der Waals surface area (Å²) in [5.41, 5.74) is 0.373. The highest BCUT2D eigenvalue weighted by molar-refractivity contribution is 5.89. The van der Waals surface area contributed by atoms with Crippen molar-refractivity contribution in [3.8, 4) is 0 Å². The first-order chi connectivity index (χ1) is 11.2. The van der Waals surface area contributed by atoms with E-state index in [1.54, 1.807) is 17.1 Å². The van der Waals surface area contributed by atoms with Crippen molar-refractivity contribution in [3.05, 3.63) is 23.8 Å². The van der Waals surface area contributed by atoms with Crippen molar-refractivity contribution in [2.75, 3.05) is 13.1 Å². The lowest BCUT2D eigenvalue weighted by atomic mass is 10.1. The Morgan fingerprint density at radius 3 is 2.08 bits per heavy atom. The van der Waals surface area contributed by atoms with Crippen molar-refractivity contribution in [1.82, 2.24) is 4.90 Å². The van der Waals surface area contributed by atoms with Crippen molar-refractivity contribution in [2.45, 2.75) is 79.2 Å². The summed E-state index contributed by atoms with van der Waals surface area (Å²) < 4.78 is 5.28. The SMILES string of the molecule is CCCCCCC(/C=C\C(=O)OC(C)(C)C)=C\C(=O)N(CC)CC. The Labute approximate surface area is 147 Å². The molecular weight excluding hydrogens is 302 g/mol. The number of esters is 1. The lowest BCUT2D eigenvalue weighted by Gasteiger charge is -2.18. The summed E-state index contributed by atoms with van der Waals surface area (Å²) >= 11 is 0. The third-order valence-corrected chi connectivity index (χ3v) is 3.54. The van der Waals surface area contributed by atoms with Gasteiger partial charge in [0, 0.05) is 25.2 Å². The van der Waals surface area contributed by atoms with E-state index in [0.717, 1.165) is 24.8 Å². The van der Waals surface area contributed by atoms with Gasteiger partial charge in [0.05, 0.1) is 0 Å². The zero-order chi connectivity index (χ0) is 18.6. The summed E-state index contributed by atoms with van der Waals surface area (Å²) in [6, 6.07) is 0. The first-order valence-corrected chi connectivity index (χ1v) is 9.14. The molecule has 0 atom stereocenters. The highest BCUT2D eigenvalue weighted by Gasteiger charge is 2.14. The second-order valence-electron chi connectivity index (χ2n) is 6.91. The Balaban J connectivity index is 4.97. The summed E-state index contributed by atoms with van der Waals surface area (Å²) in [6.45, 7) is 13.0. The van der Waals surface area contributed by atoms with Gasteiger partial charge in [0.25, 0.3) is 0 Å². The standard InChI is InChI=1S/C20H35NO3/c1-7-10-11-12-13-17(16-18(22)21(8-2)9-3)14-15-19(23)24-20(4,5)6/h14-16H,7-13H2,1-6H3/b15-14-,17-16+. The molecule has 0 aromatic carbocycles. The van der Waals surface area contributed by atoms with E-state index in [1.165, 1.54) is 18.9 Å². The molecule has 0 aromatic rings. The molecule has 0 fully saturated rings. The first kappa shape index (κ1) is 22.4. The molecule has 0 bridgehead atoms. The van der Waals surface area contributed by atoms with Gasteiger partial charge in [0.1, 0.15) is 5.60 Å². The molecule has 0 aliphatic carbocycles. The van der Waals surface area contributed by atoms with Crippen molar-refractivity contribution in [1.29, 1.82) is 0 Å². The van der Waals surface area contributed by atoms with Gasteiger partial charge >= 0.3 is 5.97 Å². The lowest BCUT2D eigenvalue weighted by Crippen LogP contribution is -2.29. The molecule has 0 saturated carbocycles. The van der Waals surface area contributed by atoms with Gasteiger partial charge in [-0.15, -0.1) is 0 Å². The van der Waals surface area contributed by atoms with Gasteiger partial charge in [0.15, 0.2) is 0 Å². The maximum absolute atomic E-state index is 12.3. The molecule has 0 rings (SSSR count). The van der Waals surface area contributed by atoms with Crippen molar-refractivity contribution >= 4 is 11.9 Å². The van der Waals surface area contributed by atoms with Gasteiger partial charge in [-0.2, -0.15) is 0 Å². The molecule has 138 valence electrons. The average Bonchev–Trinajstić information content (AvgIpc) is 2.48. The number of carbonyl (C=O) groups excluding carboxylic acids is 2. The molecule has 0 N–H and O–H groups in total. The molecule has 0 aromatic heterocycles. The number of amides is 1. The summed E-state index contributed by atoms with van der Waals surface area (Å²) in [6.07, 6.45) is 10.1. The van der Waals surface area contributed by atoms with Gasteiger partial charge in [-0.1, -0.05) is 32.3 Å². The topological polar surface area (TPSA) is 46.6 Å². The largest absolute Gasteiger partial charge is 0.457 e. The molecule has 0 unspecified atom stereocenters. The molecule has 0 aliphatic rings. The Kier molecular flexibility index (Phi) is 11.1. The number of ether oxygens (including phenoxy) is 1. The number of allylic oxidation sites excluding steroid dienone is 2. The van der Waals surface area contributed by atoms with E-state index in [0.29, 0.717) is 13.1 Å². The number of hydrogen-bond donors (Lipinski definition) is 0. The smallest absolute Gasteiger partial charge is 0.331 e. The molecule has 24 heavy (non-hydrogen) atoms. The van der Waals surface area contributed by atoms with Crippen LogP contribution in [0.1, 0.15) is 73.6 Å². The highest BCUT2D eigenvalue weighted by Crippen LogP contribution is 2.13. The molecule has 0 aliphatic heterocycles. The summed E-state index contributed by atoms with van der Waals surface area (Å²) in [5.74, 6) is -0.378. The predicted molar refractivity (Wildman–Crippen MR) is 99.8 cm³/mol. The fourth-order valence-electron chi connectivity index (χ4n) is 2.26. The quantitative estimate of drug-likeness (QED) is 0.252. The fourth-order valence-corrected chi connectivity index (χ4v) is 2.26. The van der Waals surface area contributed by atoms with Crippen LogP contribution in [-0.4, -0.2) is 35.5 Å². The second-order valence-corrected chi connectivity index (χ2v) is 6.91. The maximum atomic E-state index is 12.3. The number of likely N-dealkylation sites (N-methyl/N-ethyl adjacent to an activating group) is 1. The van der Waals surface area contributed by atoms with Gasteiger partial charge in [0.2, 0.25) is 5.91 Å². The maximum Gasteiger partial charge on any atom is 0.331 e. The van der Waals surface area contributed by atoms with Crippen LogP contribution >= 0.6 is 0 Å². The van der Waals surface area contributed by atoms with Crippen LogP contribution in [0.4, 0.5) is 0 Å².